The molecule has 18 heteroatoms. The Morgan fingerprint density at radius 2 is 0.903 bits per heavy atom. The van der Waals surface area contributed by atoms with Crippen molar-refractivity contribution in [2.24, 2.45) is 0 Å². The van der Waals surface area contributed by atoms with E-state index < -0.39 is 77.3 Å². The Balaban J connectivity index is 0. The molecule has 0 bridgehead atoms. The van der Waals surface area contributed by atoms with Crippen molar-refractivity contribution in [3.05, 3.63) is 0 Å². The summed E-state index contributed by atoms with van der Waals surface area (Å²) in [6.07, 6.45) is -39.3. The molecule has 0 aliphatic rings. The molecule has 0 aromatic heterocycles. The molecule has 0 amide bonds. The summed E-state index contributed by atoms with van der Waals surface area (Å²) in [5.74, 6) is -6.06. The van der Waals surface area contributed by atoms with Crippen LogP contribution in [-0.4, -0.2) is 94.3 Å². The van der Waals surface area contributed by atoms with Gasteiger partial charge in [0.05, 0.1) is 0 Å². The van der Waals surface area contributed by atoms with Gasteiger partial charge in [-0.05, 0) is 14.1 Å². The standard InChI is InChI=1S/C11H11F13O3S.C2H7N/c12-1(3(14)5(16)7(18)9(20)21)2(13)4(15)6(17)8(19)11(23,24)10(22)28(25,26)27;1-3-2/h1-10H,(H,25,26,27);3H,1-2H3. The third kappa shape index (κ3) is 8.78. The zero-order valence-electron chi connectivity index (χ0n) is 15.4. The van der Waals surface area contributed by atoms with E-state index in [1.165, 1.54) is 0 Å². The maximum absolute atomic E-state index is 13.3. The minimum Gasteiger partial charge on any atom is -0.323 e. The predicted molar refractivity (Wildman–Crippen MR) is 81.5 cm³/mol. The number of hydrogen-bond donors (Lipinski definition) is 2. The van der Waals surface area contributed by atoms with E-state index in [0.29, 0.717) is 0 Å². The summed E-state index contributed by atoms with van der Waals surface area (Å²) in [6.45, 7) is 0. The smallest absolute Gasteiger partial charge is 0.323 e. The summed E-state index contributed by atoms with van der Waals surface area (Å²) < 4.78 is 196. The van der Waals surface area contributed by atoms with E-state index in [0.717, 1.165) is 0 Å². The minimum atomic E-state index is -6.38. The van der Waals surface area contributed by atoms with Gasteiger partial charge in [-0.2, -0.15) is 17.2 Å². The highest BCUT2D eigenvalue weighted by Gasteiger charge is 2.60. The van der Waals surface area contributed by atoms with E-state index in [4.69, 9.17) is 4.55 Å². The molecule has 0 saturated carbocycles. The molecule has 0 rings (SSSR count). The Hall–Kier alpha value is -1.04. The highest BCUT2D eigenvalue weighted by Crippen LogP contribution is 2.37. The van der Waals surface area contributed by atoms with Gasteiger partial charge in [0.2, 0.25) is 6.17 Å². The van der Waals surface area contributed by atoms with Crippen LogP contribution in [0, 0.1) is 0 Å². The second-order valence-electron chi connectivity index (χ2n) is 5.85. The third-order valence-corrected chi connectivity index (χ3v) is 4.11. The number of hydrogen-bond acceptors (Lipinski definition) is 3. The highest BCUT2D eigenvalue weighted by molar-refractivity contribution is 7.86. The molecule has 0 saturated heterocycles. The summed E-state index contributed by atoms with van der Waals surface area (Å²) in [7, 11) is -2.63. The predicted octanol–water partition coefficient (Wildman–Crippen LogP) is 3.61. The summed E-state index contributed by atoms with van der Waals surface area (Å²) in [4.78, 5) is 0. The second kappa shape index (κ2) is 12.9. The quantitative estimate of drug-likeness (QED) is 0.326. The minimum absolute atomic E-state index is 1.88. The van der Waals surface area contributed by atoms with Crippen LogP contribution in [-0.2, 0) is 10.1 Å². The lowest BCUT2D eigenvalue weighted by molar-refractivity contribution is -0.145. The van der Waals surface area contributed by atoms with E-state index in [2.05, 4.69) is 5.32 Å². The zero-order valence-corrected chi connectivity index (χ0v) is 16.2. The van der Waals surface area contributed by atoms with Crippen LogP contribution < -0.4 is 5.32 Å². The first kappa shape index (κ1) is 32.1. The van der Waals surface area contributed by atoms with Gasteiger partial charge >= 0.3 is 16.0 Å². The first-order valence-electron chi connectivity index (χ1n) is 7.77. The monoisotopic (exact) mass is 515 g/mol. The third-order valence-electron chi connectivity index (χ3n) is 3.28. The van der Waals surface area contributed by atoms with Crippen LogP contribution in [0.4, 0.5) is 57.1 Å². The maximum Gasteiger partial charge on any atom is 0.328 e. The number of rotatable bonds is 11. The van der Waals surface area contributed by atoms with Crippen LogP contribution in [0.25, 0.3) is 0 Å². The lowest BCUT2D eigenvalue weighted by Crippen LogP contribution is -2.53. The molecule has 31 heavy (non-hydrogen) atoms. The van der Waals surface area contributed by atoms with Crippen molar-refractivity contribution in [1.29, 1.82) is 0 Å². The maximum atomic E-state index is 13.3. The van der Waals surface area contributed by atoms with Gasteiger partial charge in [-0.25, -0.2) is 48.3 Å². The van der Waals surface area contributed by atoms with Gasteiger partial charge in [-0.15, -0.1) is 0 Å². The van der Waals surface area contributed by atoms with Crippen LogP contribution in [0.15, 0.2) is 0 Å². The average Bonchev–Trinajstić information content (AvgIpc) is 2.68. The van der Waals surface area contributed by atoms with Gasteiger partial charge in [0.25, 0.3) is 11.9 Å². The van der Waals surface area contributed by atoms with Crippen molar-refractivity contribution in [3.8, 4) is 0 Å². The topological polar surface area (TPSA) is 66.4 Å². The molecular formula is C13H18F13NO3S. The van der Waals surface area contributed by atoms with Crippen molar-refractivity contribution < 1.29 is 70.0 Å². The molecule has 0 aliphatic carbocycles. The first-order valence-corrected chi connectivity index (χ1v) is 9.28. The average molecular weight is 515 g/mol. The van der Waals surface area contributed by atoms with Crippen LogP contribution >= 0.6 is 0 Å². The lowest BCUT2D eigenvalue weighted by atomic mass is 9.96. The molecular weight excluding hydrogens is 497 g/mol. The molecule has 0 fully saturated rings. The van der Waals surface area contributed by atoms with Gasteiger partial charge < -0.3 is 5.32 Å². The highest BCUT2D eigenvalue weighted by atomic mass is 32.2. The van der Waals surface area contributed by atoms with Crippen LogP contribution in [0.5, 0.6) is 0 Å². The molecule has 9 unspecified atom stereocenters. The summed E-state index contributed by atoms with van der Waals surface area (Å²) in [5, 5.41) is 2.75. The molecule has 190 valence electrons. The summed E-state index contributed by atoms with van der Waals surface area (Å²) in [5.41, 5.74) is -4.87. The number of nitrogens with one attached hydrogen (secondary N) is 1. The fraction of sp³-hybridized carbons (Fsp3) is 1.00. The molecule has 4 nitrogen and oxygen atoms in total. The van der Waals surface area contributed by atoms with E-state index in [1.54, 1.807) is 0 Å². The van der Waals surface area contributed by atoms with Crippen molar-refractivity contribution in [2.75, 3.05) is 14.1 Å². The van der Waals surface area contributed by atoms with Gasteiger partial charge in [-0.1, -0.05) is 0 Å². The second-order valence-corrected chi connectivity index (χ2v) is 7.30. The van der Waals surface area contributed by atoms with Crippen molar-refractivity contribution in [2.45, 2.75) is 67.2 Å². The van der Waals surface area contributed by atoms with Gasteiger partial charge in [0, 0.05) is 0 Å². The molecule has 0 radical (unpaired) electrons. The van der Waals surface area contributed by atoms with Crippen molar-refractivity contribution in [3.63, 3.8) is 0 Å². The molecule has 0 aliphatic heterocycles. The zero-order chi connectivity index (χ0) is 25.5. The summed E-state index contributed by atoms with van der Waals surface area (Å²) >= 11 is 0. The Kier molecular flexibility index (Phi) is 13.3. The number of alkyl halides is 13. The van der Waals surface area contributed by atoms with E-state index in [9.17, 15) is 65.5 Å². The Labute approximate surface area is 167 Å². The van der Waals surface area contributed by atoms with Crippen molar-refractivity contribution in [1.82, 2.24) is 5.32 Å². The fourth-order valence-corrected chi connectivity index (χ4v) is 2.24. The molecule has 0 heterocycles. The fourth-order valence-electron chi connectivity index (χ4n) is 1.71. The molecule has 0 aromatic rings. The van der Waals surface area contributed by atoms with Crippen LogP contribution in [0.1, 0.15) is 0 Å². The largest absolute Gasteiger partial charge is 0.328 e. The normalized spacial score (nSPS) is 21.7. The summed E-state index contributed by atoms with van der Waals surface area (Å²) in [6, 6.07) is 0. The van der Waals surface area contributed by atoms with Gasteiger partial charge in [0.15, 0.2) is 43.2 Å². The van der Waals surface area contributed by atoms with E-state index >= 15 is 0 Å². The molecule has 0 spiro atoms. The molecule has 0 aromatic carbocycles. The SMILES string of the molecule is CNC.O=S(=O)(O)C(F)C(F)(F)C(F)C(F)C(F)C(F)C(F)C(F)C(F)C(F)C(F)F. The number of halogens is 13. The van der Waals surface area contributed by atoms with Gasteiger partial charge in [0.1, 0.15) is 0 Å². The lowest BCUT2D eigenvalue weighted by Gasteiger charge is -2.29. The molecule has 9 atom stereocenters. The van der Waals surface area contributed by atoms with Crippen LogP contribution in [0.3, 0.4) is 0 Å². The molecule has 2 N–H and O–H groups in total. The van der Waals surface area contributed by atoms with E-state index in [-0.39, 0.29) is 0 Å². The van der Waals surface area contributed by atoms with Gasteiger partial charge in [-0.3, -0.25) is 4.55 Å². The Morgan fingerprint density at radius 3 is 1.16 bits per heavy atom. The first-order chi connectivity index (χ1) is 13.8. The Morgan fingerprint density at radius 1 is 0.645 bits per heavy atom. The Bertz CT molecular complexity index is 613. The van der Waals surface area contributed by atoms with E-state index in [1.807, 2.05) is 14.1 Å². The van der Waals surface area contributed by atoms with Crippen LogP contribution in [0.2, 0.25) is 0 Å². The van der Waals surface area contributed by atoms with Crippen molar-refractivity contribution >= 4 is 10.1 Å².